The monoisotopic (exact) mass is 435 g/mol. The van der Waals surface area contributed by atoms with Gasteiger partial charge in [-0.05, 0) is 56.2 Å². The largest absolute Gasteiger partial charge is 0.368 e. The summed E-state index contributed by atoms with van der Waals surface area (Å²) in [6, 6.07) is 13.4. The van der Waals surface area contributed by atoms with E-state index in [9.17, 15) is 9.59 Å². The molecule has 0 aliphatic carbocycles. The Hall–Kier alpha value is -3.26. The number of anilines is 2. The lowest BCUT2D eigenvalue weighted by Crippen LogP contribution is -2.49. The van der Waals surface area contributed by atoms with E-state index < -0.39 is 0 Å². The van der Waals surface area contributed by atoms with Crippen LogP contribution in [0.5, 0.6) is 0 Å². The molecule has 0 spiro atoms. The fourth-order valence-corrected chi connectivity index (χ4v) is 4.30. The Labute approximate surface area is 185 Å². The Morgan fingerprint density at radius 3 is 2.42 bits per heavy atom. The summed E-state index contributed by atoms with van der Waals surface area (Å²) in [7, 11) is 0. The lowest BCUT2D eigenvalue weighted by molar-refractivity contribution is 0.0746. The van der Waals surface area contributed by atoms with Gasteiger partial charge in [0.15, 0.2) is 0 Å². The molecule has 2 heterocycles. The smallest absolute Gasteiger partial charge is 0.286 e. The number of carbonyl (C=O) groups excluding carboxylic acids is 2. The zero-order chi connectivity index (χ0) is 22.0. The van der Waals surface area contributed by atoms with E-state index in [1.807, 2.05) is 4.90 Å². The summed E-state index contributed by atoms with van der Waals surface area (Å²) in [6.45, 7) is 8.97. The lowest BCUT2D eigenvalue weighted by atomic mass is 10.1. The highest BCUT2D eigenvalue weighted by molar-refractivity contribution is 7.13. The van der Waals surface area contributed by atoms with Crippen molar-refractivity contribution in [1.82, 2.24) is 15.1 Å². The summed E-state index contributed by atoms with van der Waals surface area (Å²) < 4.78 is 0. The minimum Gasteiger partial charge on any atom is -0.368 e. The van der Waals surface area contributed by atoms with Gasteiger partial charge in [0.25, 0.3) is 11.8 Å². The van der Waals surface area contributed by atoms with Gasteiger partial charge < -0.3 is 15.1 Å². The molecule has 0 saturated carbocycles. The molecule has 0 atom stereocenters. The van der Waals surface area contributed by atoms with Crippen molar-refractivity contribution < 1.29 is 9.59 Å². The van der Waals surface area contributed by atoms with Gasteiger partial charge in [0.05, 0.1) is 0 Å². The van der Waals surface area contributed by atoms with Gasteiger partial charge in [-0.1, -0.05) is 29.5 Å². The van der Waals surface area contributed by atoms with Crippen molar-refractivity contribution in [2.24, 2.45) is 0 Å². The Balaban J connectivity index is 1.40. The van der Waals surface area contributed by atoms with Gasteiger partial charge >= 0.3 is 0 Å². The van der Waals surface area contributed by atoms with Gasteiger partial charge in [0.1, 0.15) is 5.01 Å². The molecule has 2 amide bonds. The molecule has 3 aromatic rings. The lowest BCUT2D eigenvalue weighted by Gasteiger charge is -2.37. The maximum atomic E-state index is 13.0. The molecule has 1 N–H and O–H groups in total. The number of amides is 2. The first kappa shape index (κ1) is 21.0. The molecule has 2 aromatic carbocycles. The van der Waals surface area contributed by atoms with E-state index in [1.165, 1.54) is 28.2 Å². The van der Waals surface area contributed by atoms with Gasteiger partial charge in [-0.3, -0.25) is 9.59 Å². The number of rotatable bonds is 4. The predicted molar refractivity (Wildman–Crippen MR) is 123 cm³/mol. The summed E-state index contributed by atoms with van der Waals surface area (Å²) in [6.07, 6.45) is 0. The summed E-state index contributed by atoms with van der Waals surface area (Å²) in [5, 5.41) is 11.6. The van der Waals surface area contributed by atoms with Crippen LogP contribution in [-0.4, -0.2) is 53.1 Å². The molecule has 1 aromatic heterocycles. The SMILES string of the molecule is Cc1nnc(C(=O)Nc2cccc(C(=O)N3CCN(c4cccc(C)c4C)CC3)c2)s1. The van der Waals surface area contributed by atoms with Gasteiger partial charge in [0.2, 0.25) is 5.01 Å². The van der Waals surface area contributed by atoms with Crippen LogP contribution in [0.4, 0.5) is 11.4 Å². The summed E-state index contributed by atoms with van der Waals surface area (Å²) in [5.74, 6) is -0.346. The second-order valence-corrected chi connectivity index (χ2v) is 8.84. The quantitative estimate of drug-likeness (QED) is 0.676. The molecule has 1 aliphatic rings. The van der Waals surface area contributed by atoms with Gasteiger partial charge in [-0.2, -0.15) is 0 Å². The van der Waals surface area contributed by atoms with E-state index >= 15 is 0 Å². The van der Waals surface area contributed by atoms with Crippen molar-refractivity contribution >= 4 is 34.5 Å². The van der Waals surface area contributed by atoms with Gasteiger partial charge in [0, 0.05) is 43.1 Å². The first-order valence-electron chi connectivity index (χ1n) is 10.2. The standard InChI is InChI=1S/C23H25N5O2S/c1-15-6-4-9-20(16(15)2)27-10-12-28(13-11-27)23(30)18-7-5-8-19(14-18)24-21(29)22-26-25-17(3)31-22/h4-9,14H,10-13H2,1-3H3,(H,24,29). The minimum absolute atomic E-state index is 0.0246. The van der Waals surface area contributed by atoms with E-state index in [-0.39, 0.29) is 11.8 Å². The van der Waals surface area contributed by atoms with Crippen molar-refractivity contribution in [3.05, 3.63) is 69.2 Å². The number of hydrogen-bond donors (Lipinski definition) is 1. The Morgan fingerprint density at radius 1 is 0.968 bits per heavy atom. The number of nitrogens with zero attached hydrogens (tertiary/aromatic N) is 4. The summed E-state index contributed by atoms with van der Waals surface area (Å²) >= 11 is 1.23. The van der Waals surface area contributed by atoms with Crippen molar-refractivity contribution in [3.8, 4) is 0 Å². The topological polar surface area (TPSA) is 78.4 Å². The Kier molecular flexibility index (Phi) is 5.99. The van der Waals surface area contributed by atoms with E-state index in [1.54, 1.807) is 31.2 Å². The average Bonchev–Trinajstić information content (AvgIpc) is 3.22. The molecular weight excluding hydrogens is 410 g/mol. The fourth-order valence-electron chi connectivity index (χ4n) is 3.71. The van der Waals surface area contributed by atoms with Crippen LogP contribution in [0.25, 0.3) is 0 Å². The first-order chi connectivity index (χ1) is 14.9. The van der Waals surface area contributed by atoms with Gasteiger partial charge in [-0.25, -0.2) is 0 Å². The van der Waals surface area contributed by atoms with Crippen LogP contribution in [0.3, 0.4) is 0 Å². The first-order valence-corrected chi connectivity index (χ1v) is 11.1. The second-order valence-electron chi connectivity index (χ2n) is 7.66. The highest BCUT2D eigenvalue weighted by Gasteiger charge is 2.23. The average molecular weight is 436 g/mol. The fraction of sp³-hybridized carbons (Fsp3) is 0.304. The predicted octanol–water partition coefficient (Wildman–Crippen LogP) is 3.68. The van der Waals surface area contributed by atoms with Crippen molar-refractivity contribution in [3.63, 3.8) is 0 Å². The molecule has 7 nitrogen and oxygen atoms in total. The van der Waals surface area contributed by atoms with E-state index in [0.29, 0.717) is 29.3 Å². The maximum Gasteiger partial charge on any atom is 0.286 e. The molecular formula is C23H25N5O2S. The number of aryl methyl sites for hydroxylation is 2. The van der Waals surface area contributed by atoms with Crippen LogP contribution >= 0.6 is 11.3 Å². The van der Waals surface area contributed by atoms with Crippen LogP contribution in [-0.2, 0) is 0 Å². The number of aromatic nitrogens is 2. The molecule has 4 rings (SSSR count). The molecule has 1 aliphatic heterocycles. The molecule has 160 valence electrons. The molecule has 0 bridgehead atoms. The summed E-state index contributed by atoms with van der Waals surface area (Å²) in [5.41, 5.74) is 4.93. The van der Waals surface area contributed by atoms with Gasteiger partial charge in [-0.15, -0.1) is 10.2 Å². The Morgan fingerprint density at radius 2 is 1.71 bits per heavy atom. The third-order valence-corrected chi connectivity index (χ3v) is 6.41. The zero-order valence-corrected chi connectivity index (χ0v) is 18.7. The van der Waals surface area contributed by atoms with E-state index in [0.717, 1.165) is 18.1 Å². The number of nitrogens with one attached hydrogen (secondary N) is 1. The van der Waals surface area contributed by atoms with Crippen LogP contribution < -0.4 is 10.2 Å². The third-order valence-electron chi connectivity index (χ3n) is 5.57. The number of carbonyl (C=O) groups is 2. The van der Waals surface area contributed by atoms with Crippen LogP contribution in [0.15, 0.2) is 42.5 Å². The Bertz CT molecular complexity index is 1120. The molecule has 31 heavy (non-hydrogen) atoms. The molecule has 1 fully saturated rings. The van der Waals surface area contributed by atoms with Crippen LogP contribution in [0.1, 0.15) is 36.3 Å². The number of hydrogen-bond acceptors (Lipinski definition) is 6. The van der Waals surface area contributed by atoms with E-state index in [4.69, 9.17) is 0 Å². The van der Waals surface area contributed by atoms with Crippen molar-refractivity contribution in [2.45, 2.75) is 20.8 Å². The maximum absolute atomic E-state index is 13.0. The van der Waals surface area contributed by atoms with Crippen molar-refractivity contribution in [2.75, 3.05) is 36.4 Å². The summed E-state index contributed by atoms with van der Waals surface area (Å²) in [4.78, 5) is 29.6. The zero-order valence-electron chi connectivity index (χ0n) is 17.9. The third kappa shape index (κ3) is 4.59. The van der Waals surface area contributed by atoms with Crippen LogP contribution in [0, 0.1) is 20.8 Å². The second kappa shape index (κ2) is 8.85. The normalized spacial score (nSPS) is 13.9. The van der Waals surface area contributed by atoms with Crippen LogP contribution in [0.2, 0.25) is 0 Å². The minimum atomic E-state index is -0.322. The molecule has 0 unspecified atom stereocenters. The molecule has 1 saturated heterocycles. The highest BCUT2D eigenvalue weighted by atomic mass is 32.1. The van der Waals surface area contributed by atoms with Crippen molar-refractivity contribution in [1.29, 1.82) is 0 Å². The molecule has 8 heteroatoms. The number of benzene rings is 2. The van der Waals surface area contributed by atoms with E-state index in [2.05, 4.69) is 52.5 Å². The molecule has 0 radical (unpaired) electrons. The number of piperazine rings is 1. The highest BCUT2D eigenvalue weighted by Crippen LogP contribution is 2.24.